The maximum atomic E-state index is 13.5. The molecule has 2 saturated heterocycles. The van der Waals surface area contributed by atoms with E-state index in [9.17, 15) is 14.9 Å². The highest BCUT2D eigenvalue weighted by Crippen LogP contribution is 2.55. The lowest BCUT2D eigenvalue weighted by atomic mass is 9.49. The van der Waals surface area contributed by atoms with Crippen molar-refractivity contribution in [3.8, 4) is 17.6 Å². The number of piperidine rings is 1. The van der Waals surface area contributed by atoms with E-state index in [-0.39, 0.29) is 34.7 Å². The zero-order chi connectivity index (χ0) is 36.3. The quantitative estimate of drug-likeness (QED) is 0.294. The van der Waals surface area contributed by atoms with Crippen molar-refractivity contribution in [1.82, 2.24) is 20.2 Å². The molecule has 0 bridgehead atoms. The molecule has 3 heterocycles. The van der Waals surface area contributed by atoms with Crippen LogP contribution in [0, 0.1) is 28.1 Å². The number of piperazine rings is 1. The second-order valence-corrected chi connectivity index (χ2v) is 15.0. The molecule has 1 aromatic heterocycles. The molecule has 2 aromatic carbocycles. The van der Waals surface area contributed by atoms with Gasteiger partial charge in [0.05, 0.1) is 37.9 Å². The van der Waals surface area contributed by atoms with Crippen molar-refractivity contribution in [2.45, 2.75) is 52.7 Å². The first kappa shape index (κ1) is 35.9. The summed E-state index contributed by atoms with van der Waals surface area (Å²) in [5.41, 5.74) is 2.52. The third kappa shape index (κ3) is 7.45. The fourth-order valence-corrected chi connectivity index (χ4v) is 8.42. The van der Waals surface area contributed by atoms with Crippen LogP contribution >= 0.6 is 0 Å². The van der Waals surface area contributed by atoms with E-state index in [2.05, 4.69) is 75.9 Å². The molecule has 0 atom stereocenters. The molecule has 12 heteroatoms. The van der Waals surface area contributed by atoms with Crippen LogP contribution in [0.15, 0.2) is 54.9 Å². The molecule has 2 aliphatic heterocycles. The predicted molar refractivity (Wildman–Crippen MR) is 194 cm³/mol. The lowest BCUT2D eigenvalue weighted by Gasteiger charge is -2.63. The maximum Gasteiger partial charge on any atom is 0.376 e. The van der Waals surface area contributed by atoms with E-state index in [0.717, 1.165) is 70.0 Å². The molecule has 270 valence electrons. The van der Waals surface area contributed by atoms with Gasteiger partial charge in [-0.15, -0.1) is 0 Å². The van der Waals surface area contributed by atoms with E-state index < -0.39 is 5.97 Å². The number of carbonyl (C=O) groups is 2. The number of amides is 1. The van der Waals surface area contributed by atoms with Gasteiger partial charge in [-0.1, -0.05) is 27.7 Å². The number of nitrogens with one attached hydrogen (secondary N) is 1. The van der Waals surface area contributed by atoms with Gasteiger partial charge in [-0.3, -0.25) is 9.69 Å². The topological polar surface area (TPSA) is 133 Å². The number of esters is 1. The largest absolute Gasteiger partial charge is 0.495 e. The highest BCUT2D eigenvalue weighted by atomic mass is 16.5. The zero-order valence-electron chi connectivity index (χ0n) is 30.5. The molecule has 1 N–H and O–H groups in total. The first-order valence-electron chi connectivity index (χ1n) is 17.7. The van der Waals surface area contributed by atoms with Gasteiger partial charge >= 0.3 is 5.97 Å². The Morgan fingerprint density at radius 2 is 1.51 bits per heavy atom. The summed E-state index contributed by atoms with van der Waals surface area (Å²) in [6.45, 7) is 15.3. The minimum Gasteiger partial charge on any atom is -0.495 e. The van der Waals surface area contributed by atoms with Crippen molar-refractivity contribution in [3.05, 3.63) is 71.8 Å². The van der Waals surface area contributed by atoms with E-state index in [0.29, 0.717) is 28.5 Å². The Hall–Kier alpha value is -4.89. The van der Waals surface area contributed by atoms with Gasteiger partial charge in [-0.25, -0.2) is 14.8 Å². The fourth-order valence-electron chi connectivity index (χ4n) is 8.42. The van der Waals surface area contributed by atoms with E-state index >= 15 is 0 Å². The zero-order valence-corrected chi connectivity index (χ0v) is 30.5. The SMILES string of the molecule is COC(=O)c1ncc(N2CCN(CC3CCN(c4ccc(C(=O)NC5C(C)(C)C(Oc6ccc(C#N)c(OC)c6)C5(C)C)cc4)CC3)CC2)cn1. The van der Waals surface area contributed by atoms with Crippen molar-refractivity contribution in [2.24, 2.45) is 16.7 Å². The molecular weight excluding hydrogens is 646 g/mol. The smallest absolute Gasteiger partial charge is 0.376 e. The number of benzene rings is 2. The highest BCUT2D eigenvalue weighted by molar-refractivity contribution is 5.95. The molecule has 3 aliphatic rings. The van der Waals surface area contributed by atoms with Crippen molar-refractivity contribution in [3.63, 3.8) is 0 Å². The summed E-state index contributed by atoms with van der Waals surface area (Å²) in [5.74, 6) is 1.23. The second-order valence-electron chi connectivity index (χ2n) is 15.0. The van der Waals surface area contributed by atoms with Crippen LogP contribution in [0.5, 0.6) is 11.5 Å². The summed E-state index contributed by atoms with van der Waals surface area (Å²) >= 11 is 0. The van der Waals surface area contributed by atoms with Crippen molar-refractivity contribution in [2.75, 3.05) is 69.8 Å². The van der Waals surface area contributed by atoms with Crippen LogP contribution in [0.4, 0.5) is 11.4 Å². The first-order valence-corrected chi connectivity index (χ1v) is 17.7. The molecule has 0 unspecified atom stereocenters. The molecule has 3 fully saturated rings. The Kier molecular flexibility index (Phi) is 10.4. The Bertz CT molecular complexity index is 1720. The third-order valence-electron chi connectivity index (χ3n) is 11.0. The van der Waals surface area contributed by atoms with Crippen molar-refractivity contribution in [1.29, 1.82) is 5.26 Å². The van der Waals surface area contributed by atoms with E-state index in [4.69, 9.17) is 14.2 Å². The molecule has 3 aromatic rings. The first-order chi connectivity index (χ1) is 24.4. The number of hydrogen-bond donors (Lipinski definition) is 1. The third-order valence-corrected chi connectivity index (χ3v) is 11.0. The lowest BCUT2D eigenvalue weighted by Crippen LogP contribution is -2.74. The average Bonchev–Trinajstić information content (AvgIpc) is 3.16. The van der Waals surface area contributed by atoms with Crippen LogP contribution in [0.3, 0.4) is 0 Å². The van der Waals surface area contributed by atoms with Gasteiger partial charge in [-0.05, 0) is 55.2 Å². The number of nitriles is 1. The Morgan fingerprint density at radius 3 is 2.10 bits per heavy atom. The molecular formula is C39H49N7O5. The standard InChI is InChI=1S/C39H49N7O5/c1-38(2)36(39(3,4)37(38)51-31-12-9-28(22-40)32(21-31)49-5)43-34(47)27-7-10-29(11-8-27)45-15-13-26(14-16-45)25-44-17-19-46(20-18-44)30-23-41-33(42-24-30)35(48)50-6/h7-12,21,23-24,26,36-37H,13-20,25H2,1-6H3,(H,43,47). The summed E-state index contributed by atoms with van der Waals surface area (Å²) in [6, 6.07) is 15.3. The minimum atomic E-state index is -0.527. The van der Waals surface area contributed by atoms with Crippen molar-refractivity contribution >= 4 is 23.3 Å². The minimum absolute atomic E-state index is 0.0786. The van der Waals surface area contributed by atoms with Crippen LogP contribution in [-0.2, 0) is 4.74 Å². The second kappa shape index (κ2) is 14.8. The fraction of sp³-hybridized carbons (Fsp3) is 0.513. The molecule has 12 nitrogen and oxygen atoms in total. The molecule has 1 aliphatic carbocycles. The van der Waals surface area contributed by atoms with Gasteiger partial charge < -0.3 is 29.3 Å². The van der Waals surface area contributed by atoms with E-state index in [1.54, 1.807) is 37.7 Å². The van der Waals surface area contributed by atoms with Crippen LogP contribution < -0.4 is 24.6 Å². The molecule has 0 radical (unpaired) electrons. The van der Waals surface area contributed by atoms with Gasteiger partial charge in [0.25, 0.3) is 5.91 Å². The van der Waals surface area contributed by atoms with Gasteiger partial charge in [0.15, 0.2) is 0 Å². The van der Waals surface area contributed by atoms with E-state index in [1.165, 1.54) is 7.11 Å². The van der Waals surface area contributed by atoms with Gasteiger partial charge in [0.1, 0.15) is 23.7 Å². The number of methoxy groups -OCH3 is 2. The Labute approximate surface area is 300 Å². The molecule has 51 heavy (non-hydrogen) atoms. The molecule has 1 amide bonds. The summed E-state index contributed by atoms with van der Waals surface area (Å²) < 4.78 is 16.5. The highest BCUT2D eigenvalue weighted by Gasteiger charge is 2.64. The number of hydrogen-bond acceptors (Lipinski definition) is 11. The predicted octanol–water partition coefficient (Wildman–Crippen LogP) is 4.79. The van der Waals surface area contributed by atoms with Crippen molar-refractivity contribution < 1.29 is 23.8 Å². The number of anilines is 2. The van der Waals surface area contributed by atoms with Gasteiger partial charge in [-0.2, -0.15) is 5.26 Å². The number of ether oxygens (including phenoxy) is 3. The summed E-state index contributed by atoms with van der Waals surface area (Å²) in [6.07, 6.45) is 5.51. The Morgan fingerprint density at radius 1 is 0.882 bits per heavy atom. The number of carbonyl (C=O) groups excluding carboxylic acids is 2. The van der Waals surface area contributed by atoms with Crippen LogP contribution in [0.1, 0.15) is 67.1 Å². The van der Waals surface area contributed by atoms with Gasteiger partial charge in [0.2, 0.25) is 5.82 Å². The molecule has 0 spiro atoms. The normalized spacial score (nSPS) is 21.6. The number of rotatable bonds is 10. The molecule has 1 saturated carbocycles. The summed E-state index contributed by atoms with van der Waals surface area (Å²) in [5, 5.41) is 12.6. The van der Waals surface area contributed by atoms with E-state index in [1.807, 2.05) is 12.1 Å². The lowest BCUT2D eigenvalue weighted by molar-refractivity contribution is -0.164. The molecule has 6 rings (SSSR count). The number of aromatic nitrogens is 2. The average molecular weight is 696 g/mol. The van der Waals surface area contributed by atoms with Gasteiger partial charge in [0, 0.05) is 80.0 Å². The van der Waals surface area contributed by atoms with Crippen LogP contribution in [-0.4, -0.2) is 98.9 Å². The van der Waals surface area contributed by atoms with Crippen LogP contribution in [0.2, 0.25) is 0 Å². The summed E-state index contributed by atoms with van der Waals surface area (Å²) in [7, 11) is 2.87. The maximum absolute atomic E-state index is 13.5. The monoisotopic (exact) mass is 695 g/mol. The Balaban J connectivity index is 0.957. The van der Waals surface area contributed by atoms with Crippen LogP contribution in [0.25, 0.3) is 0 Å². The summed E-state index contributed by atoms with van der Waals surface area (Å²) in [4.78, 5) is 40.6. The number of nitrogens with zero attached hydrogens (tertiary/aromatic N) is 6.